The fourth-order valence-corrected chi connectivity index (χ4v) is 1.74. The van der Waals surface area contributed by atoms with Crippen LogP contribution in [0.15, 0.2) is 36.5 Å². The number of hydrogen-bond acceptors (Lipinski definition) is 1. The first kappa shape index (κ1) is 16.2. The fourth-order valence-electron chi connectivity index (χ4n) is 1.74. The molecule has 1 unspecified atom stereocenters. The van der Waals surface area contributed by atoms with E-state index < -0.39 is 0 Å². The molecule has 0 N–H and O–H groups in total. The van der Waals surface area contributed by atoms with E-state index in [4.69, 9.17) is 4.74 Å². The van der Waals surface area contributed by atoms with E-state index >= 15 is 0 Å². The summed E-state index contributed by atoms with van der Waals surface area (Å²) >= 11 is 0. The smallest absolute Gasteiger partial charge is 0.0650 e. The van der Waals surface area contributed by atoms with Crippen molar-refractivity contribution in [1.29, 1.82) is 0 Å². The molecule has 0 fully saturated rings. The van der Waals surface area contributed by atoms with Gasteiger partial charge in [-0.3, -0.25) is 0 Å². The van der Waals surface area contributed by atoms with Crippen molar-refractivity contribution < 1.29 is 4.74 Å². The Bertz CT molecular complexity index is 226. The Kier molecular flexibility index (Phi) is 12.6. The Labute approximate surface area is 107 Å². The van der Waals surface area contributed by atoms with Crippen LogP contribution in [0, 0.1) is 5.92 Å². The molecule has 0 spiro atoms. The molecule has 1 atom stereocenters. The van der Waals surface area contributed by atoms with E-state index in [2.05, 4.69) is 19.9 Å². The third-order valence-electron chi connectivity index (χ3n) is 2.82. The predicted molar refractivity (Wildman–Crippen MR) is 77.2 cm³/mol. The van der Waals surface area contributed by atoms with Crippen LogP contribution in [0.4, 0.5) is 0 Å². The minimum absolute atomic E-state index is 0.725. The molecule has 0 saturated heterocycles. The van der Waals surface area contributed by atoms with Gasteiger partial charge in [0.2, 0.25) is 0 Å². The zero-order valence-electron chi connectivity index (χ0n) is 11.7. The summed E-state index contributed by atoms with van der Waals surface area (Å²) in [5.41, 5.74) is 0. The molecule has 0 radical (unpaired) electrons. The molecule has 0 aliphatic heterocycles. The van der Waals surface area contributed by atoms with Crippen molar-refractivity contribution in [1.82, 2.24) is 0 Å². The highest BCUT2D eigenvalue weighted by Crippen LogP contribution is 2.14. The van der Waals surface area contributed by atoms with Crippen molar-refractivity contribution in [3.8, 4) is 0 Å². The Morgan fingerprint density at radius 2 is 1.76 bits per heavy atom. The maximum atomic E-state index is 5.58. The Morgan fingerprint density at radius 1 is 1.00 bits per heavy atom. The summed E-state index contributed by atoms with van der Waals surface area (Å²) in [6.45, 7) is 8.15. The molecule has 0 aromatic carbocycles. The van der Waals surface area contributed by atoms with Crippen LogP contribution in [0.1, 0.15) is 46.5 Å². The molecule has 0 rings (SSSR count). The Hall–Kier alpha value is -0.820. The lowest BCUT2D eigenvalue weighted by atomic mass is 9.98. The van der Waals surface area contributed by atoms with Gasteiger partial charge in [-0.1, -0.05) is 69.6 Å². The molecule has 0 aliphatic carbocycles. The van der Waals surface area contributed by atoms with Gasteiger partial charge in [0, 0.05) is 6.61 Å². The lowest BCUT2D eigenvalue weighted by Gasteiger charge is -2.12. The largest absolute Gasteiger partial charge is 0.377 e. The highest BCUT2D eigenvalue weighted by Gasteiger charge is 2.03. The maximum Gasteiger partial charge on any atom is 0.0650 e. The van der Waals surface area contributed by atoms with E-state index in [9.17, 15) is 0 Å². The van der Waals surface area contributed by atoms with Crippen LogP contribution in [0.25, 0.3) is 0 Å². The average Bonchev–Trinajstić information content (AvgIpc) is 2.35. The summed E-state index contributed by atoms with van der Waals surface area (Å²) in [5.74, 6) is 0.846. The molecule has 98 valence electrons. The van der Waals surface area contributed by atoms with Crippen LogP contribution < -0.4 is 0 Å². The van der Waals surface area contributed by atoms with Gasteiger partial charge in [0.1, 0.15) is 0 Å². The molecule has 0 bridgehead atoms. The zero-order chi connectivity index (χ0) is 12.8. The summed E-state index contributed by atoms with van der Waals surface area (Å²) in [6, 6.07) is 0. The number of hydrogen-bond donors (Lipinski definition) is 0. The fraction of sp³-hybridized carbons (Fsp3) is 0.625. The average molecular weight is 236 g/mol. The lowest BCUT2D eigenvalue weighted by molar-refractivity contribution is 0.142. The standard InChI is InChI=1S/C16H28O/c1-4-7-8-9-10-11-14-17-15-13-16(6-3)12-5-2/h4,7-11,16H,5-6,12-15H2,1-3H3/b7-4-,9-8-,11-10+. The van der Waals surface area contributed by atoms with Crippen LogP contribution in [-0.4, -0.2) is 13.2 Å². The van der Waals surface area contributed by atoms with Crippen LogP contribution >= 0.6 is 0 Å². The summed E-state index contributed by atoms with van der Waals surface area (Å²) in [4.78, 5) is 0. The van der Waals surface area contributed by atoms with E-state index in [0.717, 1.165) is 19.1 Å². The molecule has 17 heavy (non-hydrogen) atoms. The van der Waals surface area contributed by atoms with Gasteiger partial charge in [-0.2, -0.15) is 0 Å². The molecule has 0 heterocycles. The first-order valence-electron chi connectivity index (χ1n) is 6.87. The molecule has 0 amide bonds. The molecule has 0 saturated carbocycles. The van der Waals surface area contributed by atoms with Gasteiger partial charge in [-0.25, -0.2) is 0 Å². The zero-order valence-corrected chi connectivity index (χ0v) is 11.7. The second-order valence-corrected chi connectivity index (χ2v) is 4.27. The SMILES string of the molecule is C\C=C/C=C\C=C\COCCC(CC)CCC. The Morgan fingerprint density at radius 3 is 2.41 bits per heavy atom. The van der Waals surface area contributed by atoms with Crippen LogP contribution in [0.3, 0.4) is 0 Å². The summed E-state index contributed by atoms with van der Waals surface area (Å²) in [6.07, 6.45) is 17.3. The third-order valence-corrected chi connectivity index (χ3v) is 2.82. The van der Waals surface area contributed by atoms with Crippen LogP contribution in [-0.2, 0) is 4.74 Å². The molecular formula is C16H28O. The molecule has 1 nitrogen and oxygen atoms in total. The normalized spacial score (nSPS) is 14.3. The van der Waals surface area contributed by atoms with Gasteiger partial charge in [0.05, 0.1) is 6.61 Å². The monoisotopic (exact) mass is 236 g/mol. The topological polar surface area (TPSA) is 9.23 Å². The highest BCUT2D eigenvalue weighted by molar-refractivity contribution is 5.10. The van der Waals surface area contributed by atoms with Crippen molar-refractivity contribution >= 4 is 0 Å². The Balaban J connectivity index is 3.44. The molecule has 0 aromatic rings. The van der Waals surface area contributed by atoms with E-state index in [1.54, 1.807) is 0 Å². The first-order chi connectivity index (χ1) is 8.35. The van der Waals surface area contributed by atoms with E-state index in [-0.39, 0.29) is 0 Å². The third kappa shape index (κ3) is 11.4. The lowest BCUT2D eigenvalue weighted by Crippen LogP contribution is -2.04. The van der Waals surface area contributed by atoms with Crippen LogP contribution in [0.2, 0.25) is 0 Å². The van der Waals surface area contributed by atoms with E-state index in [1.165, 1.54) is 25.7 Å². The number of ether oxygens (including phenoxy) is 1. The first-order valence-corrected chi connectivity index (χ1v) is 6.87. The maximum absolute atomic E-state index is 5.58. The van der Waals surface area contributed by atoms with Crippen molar-refractivity contribution in [2.45, 2.75) is 46.5 Å². The van der Waals surface area contributed by atoms with Crippen molar-refractivity contribution in [2.75, 3.05) is 13.2 Å². The van der Waals surface area contributed by atoms with Gasteiger partial charge in [0.15, 0.2) is 0 Å². The molecule has 0 aliphatic rings. The van der Waals surface area contributed by atoms with Crippen molar-refractivity contribution in [2.24, 2.45) is 5.92 Å². The summed E-state index contributed by atoms with van der Waals surface area (Å²) < 4.78 is 5.58. The van der Waals surface area contributed by atoms with Gasteiger partial charge in [-0.05, 0) is 19.3 Å². The quantitative estimate of drug-likeness (QED) is 0.387. The minimum Gasteiger partial charge on any atom is -0.377 e. The molecule has 1 heteroatoms. The molecule has 0 aromatic heterocycles. The minimum atomic E-state index is 0.725. The van der Waals surface area contributed by atoms with E-state index in [1.807, 2.05) is 37.3 Å². The van der Waals surface area contributed by atoms with Crippen molar-refractivity contribution in [3.63, 3.8) is 0 Å². The van der Waals surface area contributed by atoms with Gasteiger partial charge in [-0.15, -0.1) is 0 Å². The number of rotatable bonds is 10. The highest BCUT2D eigenvalue weighted by atomic mass is 16.5. The van der Waals surface area contributed by atoms with Gasteiger partial charge < -0.3 is 4.74 Å². The number of allylic oxidation sites excluding steroid dienone is 5. The van der Waals surface area contributed by atoms with Gasteiger partial charge >= 0.3 is 0 Å². The second-order valence-electron chi connectivity index (χ2n) is 4.27. The predicted octanol–water partition coefficient (Wildman–Crippen LogP) is 4.91. The van der Waals surface area contributed by atoms with Crippen LogP contribution in [0.5, 0.6) is 0 Å². The second kappa shape index (κ2) is 13.2. The van der Waals surface area contributed by atoms with Crippen molar-refractivity contribution in [3.05, 3.63) is 36.5 Å². The summed E-state index contributed by atoms with van der Waals surface area (Å²) in [7, 11) is 0. The van der Waals surface area contributed by atoms with Gasteiger partial charge in [0.25, 0.3) is 0 Å². The molecular weight excluding hydrogens is 208 g/mol. The van der Waals surface area contributed by atoms with E-state index in [0.29, 0.717) is 0 Å². The summed E-state index contributed by atoms with van der Waals surface area (Å²) in [5, 5.41) is 0.